The third-order valence-electron chi connectivity index (χ3n) is 6.44. The second-order valence-corrected chi connectivity index (χ2v) is 11.1. The van der Waals surface area contributed by atoms with Crippen LogP contribution in [0.25, 0.3) is 44.1 Å². The summed E-state index contributed by atoms with van der Waals surface area (Å²) in [5, 5.41) is 9.78. The van der Waals surface area contributed by atoms with Crippen LogP contribution >= 0.6 is 0 Å². The van der Waals surface area contributed by atoms with Crippen molar-refractivity contribution in [3.8, 4) is 22.4 Å². The summed E-state index contributed by atoms with van der Waals surface area (Å²) in [5.41, 5.74) is 3.96. The van der Waals surface area contributed by atoms with E-state index in [0.29, 0.717) is 38.7 Å². The third kappa shape index (κ3) is 5.20. The first kappa shape index (κ1) is 24.7. The van der Waals surface area contributed by atoms with Gasteiger partial charge in [0.15, 0.2) is 11.2 Å². The molecule has 39 heavy (non-hydrogen) atoms. The van der Waals surface area contributed by atoms with E-state index in [4.69, 9.17) is 4.52 Å². The summed E-state index contributed by atoms with van der Waals surface area (Å²) in [7, 11) is -1.91. The number of fused-ring (bicyclic) bond motifs is 2. The van der Waals surface area contributed by atoms with E-state index < -0.39 is 10.0 Å². The Morgan fingerprint density at radius 2 is 1.72 bits per heavy atom. The molecule has 3 aromatic carbocycles. The van der Waals surface area contributed by atoms with Gasteiger partial charge in [0, 0.05) is 53.0 Å². The van der Waals surface area contributed by atoms with E-state index in [9.17, 15) is 13.2 Å². The number of rotatable bonds is 7. The maximum atomic E-state index is 13.6. The number of sulfonamides is 1. The van der Waals surface area contributed by atoms with Gasteiger partial charge in [0.1, 0.15) is 5.69 Å². The van der Waals surface area contributed by atoms with Gasteiger partial charge in [0.2, 0.25) is 10.0 Å². The standard InChI is InChI=1S/C29H23N5O4S/c1-34-17-23(15-31-34)22-12-26-27(30-14-22)10-9-20-8-7-19(11-25(20)29(26)35)18-39(36,37)32-16-24-13-28(33-38-24)21-5-3-2-4-6-21/h2-15,17,32H,16,18H2,1H3. The van der Waals surface area contributed by atoms with Crippen LogP contribution in [0.4, 0.5) is 0 Å². The second kappa shape index (κ2) is 9.90. The van der Waals surface area contributed by atoms with Gasteiger partial charge in [-0.1, -0.05) is 53.7 Å². The minimum Gasteiger partial charge on any atom is -0.359 e. The number of benzene rings is 2. The average Bonchev–Trinajstić information content (AvgIpc) is 3.57. The topological polar surface area (TPSA) is 120 Å². The highest BCUT2D eigenvalue weighted by Crippen LogP contribution is 2.23. The summed E-state index contributed by atoms with van der Waals surface area (Å²) in [5.74, 6) is 0.103. The Kier molecular flexibility index (Phi) is 6.26. The highest BCUT2D eigenvalue weighted by molar-refractivity contribution is 7.88. The largest absolute Gasteiger partial charge is 0.359 e. The van der Waals surface area contributed by atoms with Crippen molar-refractivity contribution >= 4 is 31.7 Å². The number of hydrogen-bond acceptors (Lipinski definition) is 7. The Balaban J connectivity index is 1.26. The van der Waals surface area contributed by atoms with Crippen molar-refractivity contribution in [3.63, 3.8) is 0 Å². The van der Waals surface area contributed by atoms with Crippen LogP contribution < -0.4 is 10.2 Å². The molecule has 1 N–H and O–H groups in total. The van der Waals surface area contributed by atoms with Crippen LogP contribution in [-0.4, -0.2) is 28.3 Å². The van der Waals surface area contributed by atoms with Gasteiger partial charge >= 0.3 is 0 Å². The molecular formula is C29H23N5O4S. The predicted molar refractivity (Wildman–Crippen MR) is 149 cm³/mol. The Labute approximate surface area is 223 Å². The Morgan fingerprint density at radius 3 is 2.51 bits per heavy atom. The summed E-state index contributed by atoms with van der Waals surface area (Å²) in [6, 6.07) is 21.7. The summed E-state index contributed by atoms with van der Waals surface area (Å²) >= 11 is 0. The average molecular weight is 538 g/mol. The molecule has 6 aromatic rings. The normalized spacial score (nSPS) is 11.8. The fourth-order valence-corrected chi connectivity index (χ4v) is 5.54. The highest BCUT2D eigenvalue weighted by atomic mass is 32.2. The van der Waals surface area contributed by atoms with Crippen LogP contribution in [0.1, 0.15) is 11.3 Å². The third-order valence-corrected chi connectivity index (χ3v) is 7.73. The lowest BCUT2D eigenvalue weighted by atomic mass is 10.1. The summed E-state index contributed by atoms with van der Waals surface area (Å²) < 4.78 is 35.3. The van der Waals surface area contributed by atoms with Crippen LogP contribution in [0.5, 0.6) is 0 Å². The maximum absolute atomic E-state index is 13.6. The van der Waals surface area contributed by atoms with Gasteiger partial charge in [-0.25, -0.2) is 13.1 Å². The van der Waals surface area contributed by atoms with E-state index in [-0.39, 0.29) is 17.7 Å². The molecule has 194 valence electrons. The van der Waals surface area contributed by atoms with E-state index >= 15 is 0 Å². The van der Waals surface area contributed by atoms with Crippen molar-refractivity contribution in [2.45, 2.75) is 12.3 Å². The van der Waals surface area contributed by atoms with Gasteiger partial charge in [-0.3, -0.25) is 14.5 Å². The molecule has 0 fully saturated rings. The van der Waals surface area contributed by atoms with Gasteiger partial charge in [0.05, 0.1) is 24.0 Å². The molecule has 0 aliphatic heterocycles. The Hall–Kier alpha value is -4.67. The van der Waals surface area contributed by atoms with E-state index in [1.54, 1.807) is 53.5 Å². The SMILES string of the molecule is Cn1cc(-c2cnc3ccc4ccc(CS(=O)(=O)NCc5cc(-c6ccccc6)no5)cc4c(=O)c3c2)cn1. The van der Waals surface area contributed by atoms with Gasteiger partial charge in [-0.15, -0.1) is 0 Å². The van der Waals surface area contributed by atoms with Crippen molar-refractivity contribution in [2.24, 2.45) is 7.05 Å². The molecule has 0 amide bonds. The molecule has 0 saturated carbocycles. The molecule has 6 rings (SSSR count). The lowest BCUT2D eigenvalue weighted by Crippen LogP contribution is -2.24. The Morgan fingerprint density at radius 1 is 0.897 bits per heavy atom. The smallest absolute Gasteiger partial charge is 0.216 e. The van der Waals surface area contributed by atoms with E-state index in [1.165, 1.54) is 0 Å². The predicted octanol–water partition coefficient (Wildman–Crippen LogP) is 4.42. The number of aryl methyl sites for hydroxylation is 1. The molecule has 9 nitrogen and oxygen atoms in total. The molecule has 0 aliphatic rings. The Bertz CT molecular complexity index is 2000. The molecule has 0 radical (unpaired) electrons. The zero-order chi connectivity index (χ0) is 27.0. The van der Waals surface area contributed by atoms with E-state index in [2.05, 4.69) is 20.0 Å². The van der Waals surface area contributed by atoms with Crippen LogP contribution in [0.15, 0.2) is 101 Å². The quantitative estimate of drug-likeness (QED) is 0.320. The number of nitrogens with one attached hydrogen (secondary N) is 1. The van der Waals surface area contributed by atoms with Crippen LogP contribution in [0, 0.1) is 0 Å². The molecule has 0 unspecified atom stereocenters. The summed E-state index contributed by atoms with van der Waals surface area (Å²) in [6.07, 6.45) is 5.28. The minimum atomic E-state index is -3.73. The molecule has 3 heterocycles. The maximum Gasteiger partial charge on any atom is 0.216 e. The van der Waals surface area contributed by atoms with Crippen molar-refractivity contribution in [2.75, 3.05) is 0 Å². The van der Waals surface area contributed by atoms with Crippen molar-refractivity contribution in [1.29, 1.82) is 0 Å². The first-order valence-electron chi connectivity index (χ1n) is 12.2. The molecule has 0 atom stereocenters. The lowest BCUT2D eigenvalue weighted by Gasteiger charge is -2.06. The van der Waals surface area contributed by atoms with E-state index in [0.717, 1.165) is 16.7 Å². The molecule has 0 spiro atoms. The monoisotopic (exact) mass is 537 g/mol. The molecule has 0 aliphatic carbocycles. The highest BCUT2D eigenvalue weighted by Gasteiger charge is 2.15. The van der Waals surface area contributed by atoms with Crippen LogP contribution in [-0.2, 0) is 29.4 Å². The van der Waals surface area contributed by atoms with Crippen molar-refractivity contribution in [3.05, 3.63) is 113 Å². The summed E-state index contributed by atoms with van der Waals surface area (Å²) in [6.45, 7) is -0.0368. The van der Waals surface area contributed by atoms with Crippen molar-refractivity contribution < 1.29 is 12.9 Å². The van der Waals surface area contributed by atoms with Gasteiger partial charge in [0.25, 0.3) is 0 Å². The fourth-order valence-electron chi connectivity index (χ4n) is 4.46. The number of aromatic nitrogens is 4. The number of hydrogen-bond donors (Lipinski definition) is 1. The zero-order valence-electron chi connectivity index (χ0n) is 20.9. The fraction of sp³-hybridized carbons (Fsp3) is 0.103. The number of pyridine rings is 1. The van der Waals surface area contributed by atoms with Crippen LogP contribution in [0.3, 0.4) is 0 Å². The molecular weight excluding hydrogens is 514 g/mol. The first-order chi connectivity index (χ1) is 18.8. The molecule has 3 aromatic heterocycles. The summed E-state index contributed by atoms with van der Waals surface area (Å²) in [4.78, 5) is 18.1. The molecule has 10 heteroatoms. The van der Waals surface area contributed by atoms with Crippen molar-refractivity contribution in [1.82, 2.24) is 24.6 Å². The molecule has 0 saturated heterocycles. The van der Waals surface area contributed by atoms with E-state index in [1.807, 2.05) is 49.6 Å². The van der Waals surface area contributed by atoms with Gasteiger partial charge in [-0.05, 0) is 29.1 Å². The van der Waals surface area contributed by atoms with Gasteiger partial charge < -0.3 is 4.52 Å². The van der Waals surface area contributed by atoms with Crippen LogP contribution in [0.2, 0.25) is 0 Å². The minimum absolute atomic E-state index is 0.0368. The first-order valence-corrected chi connectivity index (χ1v) is 13.8. The number of nitrogens with zero attached hydrogens (tertiary/aromatic N) is 4. The lowest BCUT2D eigenvalue weighted by molar-refractivity contribution is 0.382. The molecule has 0 bridgehead atoms. The zero-order valence-corrected chi connectivity index (χ0v) is 21.7. The van der Waals surface area contributed by atoms with Gasteiger partial charge in [-0.2, -0.15) is 5.10 Å². The second-order valence-electron chi connectivity index (χ2n) is 9.27.